The number of benzene rings is 1. The lowest BCUT2D eigenvalue weighted by Gasteiger charge is -2.35. The van der Waals surface area contributed by atoms with Crippen molar-refractivity contribution in [3.05, 3.63) is 46.1 Å². The molecule has 6 rings (SSSR count). The molecule has 0 aliphatic carbocycles. The van der Waals surface area contributed by atoms with Gasteiger partial charge in [-0.3, -0.25) is 9.59 Å². The fraction of sp³-hybridized carbons (Fsp3) is 0.519. The van der Waals surface area contributed by atoms with Gasteiger partial charge in [-0.25, -0.2) is 4.98 Å². The van der Waals surface area contributed by atoms with Crippen molar-refractivity contribution in [2.75, 3.05) is 31.2 Å². The van der Waals surface area contributed by atoms with Crippen LogP contribution in [-0.2, 0) is 17.6 Å². The largest absolute Gasteiger partial charge is 0.377 e. The molecule has 9 heteroatoms. The predicted octanol–water partition coefficient (Wildman–Crippen LogP) is 3.76. The number of aromatic nitrogens is 2. The fourth-order valence-electron chi connectivity index (χ4n) is 5.80. The molecule has 3 aromatic rings. The minimum absolute atomic E-state index is 0.0315. The molecule has 3 aliphatic rings. The summed E-state index contributed by atoms with van der Waals surface area (Å²) in [7, 11) is 0. The van der Waals surface area contributed by atoms with E-state index in [0.29, 0.717) is 19.3 Å². The number of carbonyl (C=O) groups is 2. The Balaban J connectivity index is 1.27. The summed E-state index contributed by atoms with van der Waals surface area (Å²) in [6.45, 7) is 9.00. The van der Waals surface area contributed by atoms with Gasteiger partial charge < -0.3 is 24.8 Å². The molecule has 1 unspecified atom stereocenters. The first-order valence-corrected chi connectivity index (χ1v) is 13.7. The number of amides is 2. The molecular weight excluding hydrogens is 474 g/mol. The predicted molar refractivity (Wildman–Crippen MR) is 141 cm³/mol. The molecule has 0 bridgehead atoms. The van der Waals surface area contributed by atoms with Crippen LogP contribution in [0.3, 0.4) is 0 Å². The molecule has 2 N–H and O–H groups in total. The summed E-state index contributed by atoms with van der Waals surface area (Å²) >= 11 is 1.48. The van der Waals surface area contributed by atoms with Crippen molar-refractivity contribution in [1.82, 2.24) is 20.2 Å². The molecule has 2 amide bonds. The zero-order chi connectivity index (χ0) is 25.0. The lowest BCUT2D eigenvalue weighted by Crippen LogP contribution is -2.48. The molecule has 5 heterocycles. The molecule has 2 fully saturated rings. The minimum atomic E-state index is -0.286. The first-order valence-electron chi connectivity index (χ1n) is 12.9. The third kappa shape index (κ3) is 4.18. The van der Waals surface area contributed by atoms with Crippen LogP contribution in [0.5, 0.6) is 0 Å². The maximum Gasteiger partial charge on any atom is 0.263 e. The highest BCUT2D eigenvalue weighted by molar-refractivity contribution is 7.17. The number of carbonyl (C=O) groups excluding carboxylic acids is 2. The van der Waals surface area contributed by atoms with Gasteiger partial charge in [0.15, 0.2) is 5.13 Å². The highest BCUT2D eigenvalue weighted by atomic mass is 32.1. The van der Waals surface area contributed by atoms with Crippen LogP contribution in [0.2, 0.25) is 0 Å². The summed E-state index contributed by atoms with van der Waals surface area (Å²) < 4.78 is 5.88. The Morgan fingerprint density at radius 2 is 2.17 bits per heavy atom. The fourth-order valence-corrected chi connectivity index (χ4v) is 6.87. The molecule has 36 heavy (non-hydrogen) atoms. The summed E-state index contributed by atoms with van der Waals surface area (Å²) in [4.78, 5) is 39.2. The van der Waals surface area contributed by atoms with Crippen molar-refractivity contribution in [2.24, 2.45) is 0 Å². The Labute approximate surface area is 215 Å². The Hall–Kier alpha value is -2.91. The third-order valence-corrected chi connectivity index (χ3v) is 8.84. The number of aromatic amines is 1. The summed E-state index contributed by atoms with van der Waals surface area (Å²) in [5, 5.41) is 5.06. The molecule has 0 radical (unpaired) electrons. The van der Waals surface area contributed by atoms with E-state index in [0.717, 1.165) is 76.5 Å². The van der Waals surface area contributed by atoms with Crippen LogP contribution in [-0.4, -0.2) is 70.6 Å². The number of H-pyrrole nitrogens is 1. The number of thiazole rings is 1. The highest BCUT2D eigenvalue weighted by Crippen LogP contribution is 2.34. The van der Waals surface area contributed by atoms with Gasteiger partial charge in [0.1, 0.15) is 4.88 Å². The van der Waals surface area contributed by atoms with E-state index in [1.807, 2.05) is 43.1 Å². The first-order chi connectivity index (χ1) is 17.3. The second kappa shape index (κ2) is 8.88. The highest BCUT2D eigenvalue weighted by Gasteiger charge is 2.35. The molecular formula is C27H33N5O3S. The average Bonchev–Trinajstić information content (AvgIpc) is 3.57. The van der Waals surface area contributed by atoms with Crippen LogP contribution in [0.4, 0.5) is 5.13 Å². The van der Waals surface area contributed by atoms with Gasteiger partial charge in [0.05, 0.1) is 24.9 Å². The third-order valence-electron chi connectivity index (χ3n) is 7.71. The van der Waals surface area contributed by atoms with Gasteiger partial charge in [0.25, 0.3) is 11.8 Å². The van der Waals surface area contributed by atoms with Crippen LogP contribution in [0.15, 0.2) is 24.4 Å². The van der Waals surface area contributed by atoms with Gasteiger partial charge in [-0.1, -0.05) is 11.3 Å². The summed E-state index contributed by atoms with van der Waals surface area (Å²) in [6, 6.07) is 6.37. The number of nitrogens with zero attached hydrogens (tertiary/aromatic N) is 3. The Kier molecular flexibility index (Phi) is 5.80. The van der Waals surface area contributed by atoms with Crippen molar-refractivity contribution in [1.29, 1.82) is 0 Å². The first kappa shape index (κ1) is 23.5. The van der Waals surface area contributed by atoms with Crippen LogP contribution >= 0.6 is 11.3 Å². The number of nitrogens with one attached hydrogen (secondary N) is 2. The van der Waals surface area contributed by atoms with E-state index in [-0.39, 0.29) is 23.4 Å². The Morgan fingerprint density at radius 1 is 1.31 bits per heavy atom. The van der Waals surface area contributed by atoms with E-state index < -0.39 is 0 Å². The van der Waals surface area contributed by atoms with Gasteiger partial charge in [0, 0.05) is 53.8 Å². The number of hydrogen-bond donors (Lipinski definition) is 2. The summed E-state index contributed by atoms with van der Waals surface area (Å²) in [5.41, 5.74) is 3.54. The molecule has 2 saturated heterocycles. The van der Waals surface area contributed by atoms with Crippen molar-refractivity contribution in [3.63, 3.8) is 0 Å². The smallest absolute Gasteiger partial charge is 0.263 e. The number of anilines is 1. The van der Waals surface area contributed by atoms with E-state index in [1.165, 1.54) is 11.3 Å². The van der Waals surface area contributed by atoms with E-state index in [9.17, 15) is 9.59 Å². The van der Waals surface area contributed by atoms with Crippen LogP contribution in [0.1, 0.15) is 64.9 Å². The monoisotopic (exact) mass is 507 g/mol. The number of fused-ring (bicyclic) bond motifs is 2. The maximum atomic E-state index is 13.2. The van der Waals surface area contributed by atoms with Gasteiger partial charge in [-0.05, 0) is 63.8 Å². The van der Waals surface area contributed by atoms with E-state index in [1.54, 1.807) is 0 Å². The second-order valence-electron chi connectivity index (χ2n) is 11.0. The van der Waals surface area contributed by atoms with Crippen LogP contribution in [0, 0.1) is 0 Å². The standard InChI is InChI=1S/C27H33N5O3S/c1-16-5-4-8-31(16)25(34)17-6-7-21-20(12-17)18(14-28-21)11-19-15-35-10-9-32(19)26-29-22-13-27(2,3)30-24(33)23(22)36-26/h6-7,12,14,16,19,28H,4-5,8-11,13,15H2,1-3H3,(H,30,33)/t16?,19-/m0/s1. The van der Waals surface area contributed by atoms with Gasteiger partial charge in [-0.2, -0.15) is 0 Å². The van der Waals surface area contributed by atoms with Gasteiger partial charge in [0.2, 0.25) is 0 Å². The van der Waals surface area contributed by atoms with Crippen LogP contribution < -0.4 is 10.2 Å². The SMILES string of the molecule is CC1CCCN1C(=O)c1ccc2[nH]cc(C[C@H]3COCCN3c3nc4c(s3)C(=O)NC(C)(C)C4)c2c1. The number of morpholine rings is 1. The van der Waals surface area contributed by atoms with Crippen molar-refractivity contribution >= 4 is 39.2 Å². The molecule has 2 aromatic heterocycles. The number of rotatable bonds is 4. The molecule has 0 saturated carbocycles. The Bertz CT molecular complexity index is 1330. The normalized spacial score (nSPS) is 23.7. The number of likely N-dealkylation sites (tertiary alicyclic amines) is 1. The molecule has 2 atom stereocenters. The lowest BCUT2D eigenvalue weighted by atomic mass is 9.94. The van der Waals surface area contributed by atoms with Crippen LogP contribution in [0.25, 0.3) is 10.9 Å². The average molecular weight is 508 g/mol. The molecule has 0 spiro atoms. The number of hydrogen-bond acceptors (Lipinski definition) is 6. The molecule has 1 aromatic carbocycles. The quantitative estimate of drug-likeness (QED) is 0.561. The molecule has 8 nitrogen and oxygen atoms in total. The zero-order valence-corrected chi connectivity index (χ0v) is 21.9. The van der Waals surface area contributed by atoms with Gasteiger partial charge in [-0.15, -0.1) is 0 Å². The summed E-state index contributed by atoms with van der Waals surface area (Å²) in [5.74, 6) is 0.0854. The molecule has 190 valence electrons. The lowest BCUT2D eigenvalue weighted by molar-refractivity contribution is 0.0747. The van der Waals surface area contributed by atoms with E-state index in [4.69, 9.17) is 9.72 Å². The van der Waals surface area contributed by atoms with Crippen molar-refractivity contribution in [2.45, 2.75) is 64.1 Å². The maximum absolute atomic E-state index is 13.2. The van der Waals surface area contributed by atoms with E-state index >= 15 is 0 Å². The van der Waals surface area contributed by atoms with Crippen molar-refractivity contribution < 1.29 is 14.3 Å². The zero-order valence-electron chi connectivity index (χ0n) is 21.1. The van der Waals surface area contributed by atoms with Crippen molar-refractivity contribution in [3.8, 4) is 0 Å². The second-order valence-corrected chi connectivity index (χ2v) is 12.0. The molecule has 3 aliphatic heterocycles. The topological polar surface area (TPSA) is 90.6 Å². The summed E-state index contributed by atoms with van der Waals surface area (Å²) in [6.07, 6.45) is 5.68. The number of ether oxygens (including phenoxy) is 1. The minimum Gasteiger partial charge on any atom is -0.377 e. The van der Waals surface area contributed by atoms with E-state index in [2.05, 4.69) is 22.1 Å². The van der Waals surface area contributed by atoms with Gasteiger partial charge >= 0.3 is 0 Å². The Morgan fingerprint density at radius 3 is 2.97 bits per heavy atom.